The fraction of sp³-hybridized carbons (Fsp3) is 0.500. The highest BCUT2D eigenvalue weighted by Crippen LogP contribution is 2.35. The molecule has 1 fully saturated rings. The Morgan fingerprint density at radius 2 is 2.04 bits per heavy atom. The van der Waals surface area contributed by atoms with Gasteiger partial charge in [-0.25, -0.2) is 8.42 Å². The van der Waals surface area contributed by atoms with Crippen LogP contribution >= 0.6 is 0 Å². The molecule has 26 heavy (non-hydrogen) atoms. The molecule has 0 radical (unpaired) electrons. The van der Waals surface area contributed by atoms with E-state index in [-0.39, 0.29) is 18.0 Å². The molecule has 1 saturated heterocycles. The fourth-order valence-electron chi connectivity index (χ4n) is 2.53. The molecule has 0 aliphatic carbocycles. The van der Waals surface area contributed by atoms with Crippen molar-refractivity contribution in [3.63, 3.8) is 0 Å². The van der Waals surface area contributed by atoms with Crippen LogP contribution in [0.25, 0.3) is 0 Å². The average molecular weight is 385 g/mol. The summed E-state index contributed by atoms with van der Waals surface area (Å²) in [5.74, 6) is -1.40. The molecule has 0 bridgehead atoms. The molecule has 0 unspecified atom stereocenters. The summed E-state index contributed by atoms with van der Waals surface area (Å²) in [4.78, 5) is 23.6. The van der Waals surface area contributed by atoms with Crippen molar-refractivity contribution < 1.29 is 27.9 Å². The molecule has 1 aromatic rings. The van der Waals surface area contributed by atoms with Gasteiger partial charge in [-0.3, -0.25) is 13.9 Å². The number of nitrogens with one attached hydrogen (secondary N) is 2. The number of nitrogens with zero attached hydrogens (tertiary/aromatic N) is 1. The zero-order valence-electron chi connectivity index (χ0n) is 14.7. The first-order chi connectivity index (χ1) is 12.2. The molecule has 10 heteroatoms. The summed E-state index contributed by atoms with van der Waals surface area (Å²) in [5, 5.41) is 13.8. The minimum atomic E-state index is -3.46. The Hall–Kier alpha value is -2.33. The maximum Gasteiger partial charge on any atom is 0.313 e. The van der Waals surface area contributed by atoms with Crippen LogP contribution in [-0.2, 0) is 19.6 Å². The van der Waals surface area contributed by atoms with Gasteiger partial charge in [-0.1, -0.05) is 0 Å². The number of sulfonamides is 1. The summed E-state index contributed by atoms with van der Waals surface area (Å²) in [7, 11) is -2.03. The molecule has 1 aromatic carbocycles. The van der Waals surface area contributed by atoms with Crippen LogP contribution in [0.2, 0.25) is 0 Å². The Balaban J connectivity index is 2.21. The number of benzene rings is 1. The summed E-state index contributed by atoms with van der Waals surface area (Å²) >= 11 is 0. The van der Waals surface area contributed by atoms with Crippen molar-refractivity contribution in [1.82, 2.24) is 5.32 Å². The standard InChI is InChI=1S/C16H23N3O6S/c1-11(20)10-17-15(21)16(22)18-12-5-6-14(25-2)13(9-12)19-7-3-4-8-26(19,23)24/h5-6,9,11,20H,3-4,7-8,10H2,1-2H3,(H,17,21)(H,18,22)/t11-/m1/s1. The maximum atomic E-state index is 12.3. The quantitative estimate of drug-likeness (QED) is 0.616. The zero-order chi connectivity index (χ0) is 19.3. The summed E-state index contributed by atoms with van der Waals surface area (Å²) in [5.41, 5.74) is 0.577. The van der Waals surface area contributed by atoms with Gasteiger partial charge in [0, 0.05) is 18.8 Å². The summed E-state index contributed by atoms with van der Waals surface area (Å²) < 4.78 is 31.2. The first-order valence-corrected chi connectivity index (χ1v) is 9.81. The van der Waals surface area contributed by atoms with Gasteiger partial charge >= 0.3 is 11.8 Å². The van der Waals surface area contributed by atoms with Crippen LogP contribution in [0.3, 0.4) is 0 Å². The average Bonchev–Trinajstić information content (AvgIpc) is 2.59. The Labute approximate surface area is 152 Å². The van der Waals surface area contributed by atoms with Gasteiger partial charge in [-0.2, -0.15) is 0 Å². The highest BCUT2D eigenvalue weighted by molar-refractivity contribution is 7.92. The summed E-state index contributed by atoms with van der Waals surface area (Å²) in [6, 6.07) is 4.50. The number of carbonyl (C=O) groups is 2. The number of aliphatic hydroxyl groups is 1. The van der Waals surface area contributed by atoms with E-state index in [0.717, 1.165) is 6.42 Å². The van der Waals surface area contributed by atoms with Crippen LogP contribution < -0.4 is 19.7 Å². The molecule has 3 N–H and O–H groups in total. The number of amides is 2. The number of ether oxygens (including phenoxy) is 1. The number of hydrogen-bond acceptors (Lipinski definition) is 6. The van der Waals surface area contributed by atoms with Crippen LogP contribution in [0.15, 0.2) is 18.2 Å². The molecule has 1 aliphatic rings. The number of methoxy groups -OCH3 is 1. The molecule has 0 aromatic heterocycles. The SMILES string of the molecule is COc1ccc(NC(=O)C(=O)NC[C@@H](C)O)cc1N1CCCCS1(=O)=O. The Bertz CT molecular complexity index is 778. The molecule has 2 rings (SSSR count). The van der Waals surface area contributed by atoms with Crippen molar-refractivity contribution in [2.75, 3.05) is 35.6 Å². The van der Waals surface area contributed by atoms with Crippen LogP contribution in [-0.4, -0.2) is 57.4 Å². The van der Waals surface area contributed by atoms with Gasteiger partial charge in [0.1, 0.15) is 5.75 Å². The molecule has 1 atom stereocenters. The van der Waals surface area contributed by atoms with E-state index in [1.807, 2.05) is 0 Å². The molecule has 1 aliphatic heterocycles. The van der Waals surface area contributed by atoms with Crippen molar-refractivity contribution in [3.8, 4) is 5.75 Å². The second-order valence-corrected chi connectivity index (χ2v) is 8.01. The van der Waals surface area contributed by atoms with E-state index in [1.54, 1.807) is 0 Å². The largest absolute Gasteiger partial charge is 0.495 e. The van der Waals surface area contributed by atoms with Gasteiger partial charge in [-0.15, -0.1) is 0 Å². The molecule has 9 nitrogen and oxygen atoms in total. The van der Waals surface area contributed by atoms with Crippen LogP contribution in [0.4, 0.5) is 11.4 Å². The highest BCUT2D eigenvalue weighted by Gasteiger charge is 2.28. The van der Waals surface area contributed by atoms with E-state index in [2.05, 4.69) is 10.6 Å². The smallest absolute Gasteiger partial charge is 0.313 e. The minimum Gasteiger partial charge on any atom is -0.495 e. The normalized spacial score (nSPS) is 17.3. The molecular weight excluding hydrogens is 362 g/mol. The third-order valence-electron chi connectivity index (χ3n) is 3.82. The van der Waals surface area contributed by atoms with Crippen molar-refractivity contribution in [1.29, 1.82) is 0 Å². The van der Waals surface area contributed by atoms with E-state index in [4.69, 9.17) is 9.84 Å². The Morgan fingerprint density at radius 1 is 1.31 bits per heavy atom. The van der Waals surface area contributed by atoms with Gasteiger partial charge in [0.15, 0.2) is 0 Å². The zero-order valence-corrected chi connectivity index (χ0v) is 15.5. The van der Waals surface area contributed by atoms with Crippen molar-refractivity contribution in [3.05, 3.63) is 18.2 Å². The first kappa shape index (κ1) is 20.0. The summed E-state index contributed by atoms with van der Waals surface area (Å²) in [6.07, 6.45) is 0.547. The lowest BCUT2D eigenvalue weighted by Crippen LogP contribution is -2.39. The fourth-order valence-corrected chi connectivity index (χ4v) is 4.17. The topological polar surface area (TPSA) is 125 Å². The van der Waals surface area contributed by atoms with Gasteiger partial charge < -0.3 is 20.5 Å². The van der Waals surface area contributed by atoms with Gasteiger partial charge in [0.25, 0.3) is 0 Å². The Morgan fingerprint density at radius 3 is 2.65 bits per heavy atom. The van der Waals surface area contributed by atoms with Crippen LogP contribution in [0, 0.1) is 0 Å². The van der Waals surface area contributed by atoms with Crippen LogP contribution in [0.1, 0.15) is 19.8 Å². The third-order valence-corrected chi connectivity index (χ3v) is 5.67. The minimum absolute atomic E-state index is 0.0495. The molecule has 2 amide bonds. The second-order valence-electron chi connectivity index (χ2n) is 6.00. The monoisotopic (exact) mass is 385 g/mol. The lowest BCUT2D eigenvalue weighted by molar-refractivity contribution is -0.136. The number of aliphatic hydroxyl groups excluding tert-OH is 1. The molecule has 0 saturated carbocycles. The van der Waals surface area contributed by atoms with Crippen molar-refractivity contribution in [2.24, 2.45) is 0 Å². The molecule has 144 valence electrons. The lowest BCUT2D eigenvalue weighted by atomic mass is 10.2. The molecular formula is C16H23N3O6S. The van der Waals surface area contributed by atoms with Crippen molar-refractivity contribution >= 4 is 33.2 Å². The van der Waals surface area contributed by atoms with E-state index in [0.29, 0.717) is 24.4 Å². The summed E-state index contributed by atoms with van der Waals surface area (Å²) in [6.45, 7) is 1.75. The van der Waals surface area contributed by atoms with Gasteiger partial charge in [0.05, 0.1) is 24.7 Å². The van der Waals surface area contributed by atoms with E-state index in [1.165, 1.54) is 36.5 Å². The number of hydrogen-bond donors (Lipinski definition) is 3. The highest BCUT2D eigenvalue weighted by atomic mass is 32.2. The van der Waals surface area contributed by atoms with E-state index in [9.17, 15) is 18.0 Å². The molecule has 1 heterocycles. The van der Waals surface area contributed by atoms with E-state index >= 15 is 0 Å². The number of carbonyl (C=O) groups excluding carboxylic acids is 2. The number of rotatable bonds is 5. The third kappa shape index (κ3) is 4.85. The number of anilines is 2. The lowest BCUT2D eigenvalue weighted by Gasteiger charge is -2.29. The molecule has 0 spiro atoms. The van der Waals surface area contributed by atoms with Gasteiger partial charge in [0.2, 0.25) is 10.0 Å². The van der Waals surface area contributed by atoms with Crippen molar-refractivity contribution in [2.45, 2.75) is 25.9 Å². The second kappa shape index (κ2) is 8.37. The Kier molecular flexibility index (Phi) is 6.43. The van der Waals surface area contributed by atoms with E-state index < -0.39 is 27.9 Å². The predicted octanol–water partition coefficient (Wildman–Crippen LogP) is 0.0607. The predicted molar refractivity (Wildman–Crippen MR) is 96.7 cm³/mol. The maximum absolute atomic E-state index is 12.3. The van der Waals surface area contributed by atoms with Gasteiger partial charge in [-0.05, 0) is 38.0 Å². The van der Waals surface area contributed by atoms with Crippen LogP contribution in [0.5, 0.6) is 5.75 Å². The first-order valence-electron chi connectivity index (χ1n) is 8.20.